The normalized spacial score (nSPS) is 15.7. The smallest absolute Gasteiger partial charge is 0.410 e. The highest BCUT2D eigenvalue weighted by Gasteiger charge is 2.26. The lowest BCUT2D eigenvalue weighted by molar-refractivity contribution is 0.0210. The predicted molar refractivity (Wildman–Crippen MR) is 101 cm³/mol. The molecular weight excluding hydrogens is 324 g/mol. The summed E-state index contributed by atoms with van der Waals surface area (Å²) in [5.41, 5.74) is 6.91. The zero-order valence-corrected chi connectivity index (χ0v) is 15.3. The SMILES string of the molecule is CC(C)(C)OC(=O)N1CCC(Nc2ccc(NC(N)=S)cc2)CC1. The van der Waals surface area contributed by atoms with Crippen molar-refractivity contribution in [3.63, 3.8) is 0 Å². The van der Waals surface area contributed by atoms with E-state index in [9.17, 15) is 4.79 Å². The maximum atomic E-state index is 12.1. The number of benzene rings is 1. The molecule has 2 rings (SSSR count). The molecule has 0 bridgehead atoms. The number of hydrogen-bond donors (Lipinski definition) is 3. The molecule has 24 heavy (non-hydrogen) atoms. The second-order valence-corrected chi connectivity index (χ2v) is 7.39. The van der Waals surface area contributed by atoms with Crippen LogP contribution in [0.3, 0.4) is 0 Å². The van der Waals surface area contributed by atoms with Crippen molar-refractivity contribution in [2.75, 3.05) is 23.7 Å². The number of rotatable bonds is 3. The van der Waals surface area contributed by atoms with Gasteiger partial charge < -0.3 is 26.0 Å². The molecule has 6 nitrogen and oxygen atoms in total. The number of nitrogens with one attached hydrogen (secondary N) is 2. The molecule has 1 fully saturated rings. The van der Waals surface area contributed by atoms with E-state index in [-0.39, 0.29) is 11.2 Å². The highest BCUT2D eigenvalue weighted by atomic mass is 32.1. The standard InChI is InChI=1S/C17H26N4O2S/c1-17(2,3)23-16(22)21-10-8-14(9-11-21)19-12-4-6-13(7-5-12)20-15(18)24/h4-7,14,19H,8-11H2,1-3H3,(H3,18,20,24). The summed E-state index contributed by atoms with van der Waals surface area (Å²) >= 11 is 4.81. The van der Waals surface area contributed by atoms with Crippen molar-refractivity contribution in [3.05, 3.63) is 24.3 Å². The predicted octanol–water partition coefficient (Wildman–Crippen LogP) is 3.15. The average molecular weight is 350 g/mol. The van der Waals surface area contributed by atoms with Crippen LogP contribution in [-0.2, 0) is 4.74 Å². The van der Waals surface area contributed by atoms with Gasteiger partial charge in [0.15, 0.2) is 5.11 Å². The minimum Gasteiger partial charge on any atom is -0.444 e. The van der Waals surface area contributed by atoms with Crippen molar-refractivity contribution in [2.24, 2.45) is 5.73 Å². The second-order valence-electron chi connectivity index (χ2n) is 6.95. The number of amides is 1. The van der Waals surface area contributed by atoms with Crippen LogP contribution in [0.1, 0.15) is 33.6 Å². The molecular formula is C17H26N4O2S. The molecule has 0 aromatic heterocycles. The van der Waals surface area contributed by atoms with E-state index in [1.165, 1.54) is 0 Å². The lowest BCUT2D eigenvalue weighted by Gasteiger charge is -2.34. The number of nitrogens with zero attached hydrogens (tertiary/aromatic N) is 1. The van der Waals surface area contributed by atoms with Crippen LogP contribution in [0.4, 0.5) is 16.2 Å². The van der Waals surface area contributed by atoms with Gasteiger partial charge in [0.2, 0.25) is 0 Å². The number of piperidine rings is 1. The zero-order chi connectivity index (χ0) is 17.7. The van der Waals surface area contributed by atoms with E-state index >= 15 is 0 Å². The Kier molecular flexibility index (Phi) is 5.88. The Labute approximate surface area is 148 Å². The van der Waals surface area contributed by atoms with Crippen LogP contribution in [-0.4, -0.2) is 40.8 Å². The van der Waals surface area contributed by atoms with Gasteiger partial charge >= 0.3 is 6.09 Å². The molecule has 1 amide bonds. The first-order valence-corrected chi connectivity index (χ1v) is 8.55. The highest BCUT2D eigenvalue weighted by molar-refractivity contribution is 7.80. The molecule has 0 unspecified atom stereocenters. The molecule has 0 saturated carbocycles. The molecule has 0 atom stereocenters. The summed E-state index contributed by atoms with van der Waals surface area (Å²) in [6.45, 7) is 7.06. The molecule has 1 aliphatic rings. The van der Waals surface area contributed by atoms with Crippen molar-refractivity contribution in [1.82, 2.24) is 4.90 Å². The monoisotopic (exact) mass is 350 g/mol. The van der Waals surface area contributed by atoms with E-state index in [0.717, 1.165) is 24.2 Å². The van der Waals surface area contributed by atoms with Gasteiger partial charge in [-0.1, -0.05) is 0 Å². The number of carbonyl (C=O) groups is 1. The average Bonchev–Trinajstić information content (AvgIpc) is 2.48. The Bertz CT molecular complexity index is 575. The minimum absolute atomic E-state index is 0.228. The van der Waals surface area contributed by atoms with Gasteiger partial charge in [-0.05, 0) is 70.1 Å². The second kappa shape index (κ2) is 7.70. The van der Waals surface area contributed by atoms with Crippen LogP contribution in [0.2, 0.25) is 0 Å². The first-order chi connectivity index (χ1) is 11.2. The first-order valence-electron chi connectivity index (χ1n) is 8.14. The Balaban J connectivity index is 1.80. The summed E-state index contributed by atoms with van der Waals surface area (Å²) in [6, 6.07) is 8.18. The lowest BCUT2D eigenvalue weighted by atomic mass is 10.0. The van der Waals surface area contributed by atoms with Crippen LogP contribution in [0.25, 0.3) is 0 Å². The molecule has 0 spiro atoms. The quantitative estimate of drug-likeness (QED) is 0.727. The number of thiocarbonyl (C=S) groups is 1. The number of hydrogen-bond acceptors (Lipinski definition) is 4. The van der Waals surface area contributed by atoms with Gasteiger partial charge in [0.05, 0.1) is 0 Å². The Morgan fingerprint density at radius 3 is 2.25 bits per heavy atom. The third-order valence-electron chi connectivity index (χ3n) is 3.67. The molecule has 1 saturated heterocycles. The van der Waals surface area contributed by atoms with Crippen molar-refractivity contribution in [3.8, 4) is 0 Å². The topological polar surface area (TPSA) is 79.6 Å². The van der Waals surface area contributed by atoms with Gasteiger partial charge in [0, 0.05) is 30.5 Å². The van der Waals surface area contributed by atoms with Gasteiger partial charge in [-0.25, -0.2) is 4.79 Å². The maximum absolute atomic E-state index is 12.1. The molecule has 4 N–H and O–H groups in total. The fraction of sp³-hybridized carbons (Fsp3) is 0.529. The van der Waals surface area contributed by atoms with Gasteiger partial charge in [-0.15, -0.1) is 0 Å². The number of ether oxygens (including phenoxy) is 1. The minimum atomic E-state index is -0.451. The Hall–Kier alpha value is -2.02. The summed E-state index contributed by atoms with van der Waals surface area (Å²) in [5.74, 6) is 0. The van der Waals surface area contributed by atoms with Crippen molar-refractivity contribution < 1.29 is 9.53 Å². The van der Waals surface area contributed by atoms with Crippen LogP contribution in [0, 0.1) is 0 Å². The number of carbonyl (C=O) groups excluding carboxylic acids is 1. The zero-order valence-electron chi connectivity index (χ0n) is 14.5. The largest absolute Gasteiger partial charge is 0.444 e. The third kappa shape index (κ3) is 5.88. The van der Waals surface area contributed by atoms with Crippen LogP contribution in [0.5, 0.6) is 0 Å². The fourth-order valence-corrected chi connectivity index (χ4v) is 2.68. The van der Waals surface area contributed by atoms with Crippen molar-refractivity contribution in [2.45, 2.75) is 45.3 Å². The first kappa shape index (κ1) is 18.3. The van der Waals surface area contributed by atoms with Crippen LogP contribution in [0.15, 0.2) is 24.3 Å². The summed E-state index contributed by atoms with van der Waals surface area (Å²) in [7, 11) is 0. The summed E-state index contributed by atoms with van der Waals surface area (Å²) in [6.07, 6.45) is 1.56. The van der Waals surface area contributed by atoms with E-state index in [1.54, 1.807) is 4.90 Å². The van der Waals surface area contributed by atoms with Gasteiger partial charge in [0.25, 0.3) is 0 Å². The Morgan fingerprint density at radius 1 is 1.21 bits per heavy atom. The molecule has 7 heteroatoms. The number of nitrogens with two attached hydrogens (primary N) is 1. The van der Waals surface area contributed by atoms with E-state index in [1.807, 2.05) is 45.0 Å². The Morgan fingerprint density at radius 2 is 1.75 bits per heavy atom. The van der Waals surface area contributed by atoms with Crippen molar-refractivity contribution in [1.29, 1.82) is 0 Å². The molecule has 1 aliphatic heterocycles. The maximum Gasteiger partial charge on any atom is 0.410 e. The van der Waals surface area contributed by atoms with Gasteiger partial charge in [-0.3, -0.25) is 0 Å². The molecule has 0 radical (unpaired) electrons. The summed E-state index contributed by atoms with van der Waals surface area (Å²) < 4.78 is 5.41. The van der Waals surface area contributed by atoms with Gasteiger partial charge in [0.1, 0.15) is 5.60 Å². The van der Waals surface area contributed by atoms with Crippen molar-refractivity contribution >= 4 is 34.8 Å². The molecule has 1 heterocycles. The van der Waals surface area contributed by atoms with E-state index in [2.05, 4.69) is 10.6 Å². The van der Waals surface area contributed by atoms with Gasteiger partial charge in [-0.2, -0.15) is 0 Å². The fourth-order valence-electron chi connectivity index (χ4n) is 2.56. The third-order valence-corrected chi connectivity index (χ3v) is 3.77. The molecule has 0 aliphatic carbocycles. The lowest BCUT2D eigenvalue weighted by Crippen LogP contribution is -2.44. The summed E-state index contributed by atoms with van der Waals surface area (Å²) in [5, 5.41) is 6.65. The summed E-state index contributed by atoms with van der Waals surface area (Å²) in [4.78, 5) is 13.8. The van der Waals surface area contributed by atoms with E-state index in [0.29, 0.717) is 19.1 Å². The molecule has 1 aromatic carbocycles. The number of anilines is 2. The highest BCUT2D eigenvalue weighted by Crippen LogP contribution is 2.20. The van der Waals surface area contributed by atoms with Crippen LogP contribution >= 0.6 is 12.2 Å². The van der Waals surface area contributed by atoms with E-state index < -0.39 is 5.60 Å². The molecule has 132 valence electrons. The number of likely N-dealkylation sites (tertiary alicyclic amines) is 1. The van der Waals surface area contributed by atoms with E-state index in [4.69, 9.17) is 22.7 Å². The van der Waals surface area contributed by atoms with Crippen LogP contribution < -0.4 is 16.4 Å². The molecule has 1 aromatic rings.